The Labute approximate surface area is 78.8 Å². The monoisotopic (exact) mass is 182 g/mol. The molecule has 3 nitrogen and oxygen atoms in total. The van der Waals surface area contributed by atoms with Gasteiger partial charge in [0.25, 0.3) is 5.56 Å². The van der Waals surface area contributed by atoms with E-state index < -0.39 is 0 Å². The normalized spacial score (nSPS) is 13.6. The van der Waals surface area contributed by atoms with Gasteiger partial charge in [0.05, 0.1) is 6.04 Å². The van der Waals surface area contributed by atoms with E-state index >= 15 is 0 Å². The molecule has 1 unspecified atom stereocenters. The van der Waals surface area contributed by atoms with Gasteiger partial charge in [0.15, 0.2) is 0 Å². The topological polar surface area (TPSA) is 37.8 Å². The van der Waals surface area contributed by atoms with Crippen LogP contribution in [0.15, 0.2) is 11.0 Å². The van der Waals surface area contributed by atoms with Crippen LogP contribution in [0.1, 0.15) is 51.6 Å². The summed E-state index contributed by atoms with van der Waals surface area (Å²) in [5.41, 5.74) is 1.00. The summed E-state index contributed by atoms with van der Waals surface area (Å²) < 4.78 is 1.70. The molecule has 3 heteroatoms. The smallest absolute Gasteiger partial charge is 0.270 e. The van der Waals surface area contributed by atoms with Crippen molar-refractivity contribution in [2.75, 3.05) is 0 Å². The predicted molar refractivity (Wildman–Crippen MR) is 54.1 cm³/mol. The third-order valence-electron chi connectivity index (χ3n) is 2.48. The number of aromatic nitrogens is 2. The van der Waals surface area contributed by atoms with Gasteiger partial charge in [0.2, 0.25) is 0 Å². The summed E-state index contributed by atoms with van der Waals surface area (Å²) in [6, 6.07) is 0.264. The standard InChI is InChI=1S/C10H18N2O/c1-5-8(4)12-10(13)9(6-11-12)7(2)3/h6-8,11H,5H2,1-4H3. The number of aromatic amines is 1. The van der Waals surface area contributed by atoms with Gasteiger partial charge in [0.1, 0.15) is 0 Å². The molecule has 1 rings (SSSR count). The molecule has 0 saturated carbocycles. The van der Waals surface area contributed by atoms with Gasteiger partial charge in [-0.1, -0.05) is 20.8 Å². The fourth-order valence-electron chi connectivity index (χ4n) is 1.32. The molecule has 0 aliphatic rings. The van der Waals surface area contributed by atoms with Gasteiger partial charge in [0, 0.05) is 11.8 Å². The van der Waals surface area contributed by atoms with Crippen molar-refractivity contribution in [3.8, 4) is 0 Å². The van der Waals surface area contributed by atoms with Crippen LogP contribution in [-0.4, -0.2) is 9.78 Å². The Balaban J connectivity index is 3.07. The molecule has 0 bridgehead atoms. The zero-order valence-corrected chi connectivity index (χ0v) is 8.79. The van der Waals surface area contributed by atoms with Crippen molar-refractivity contribution in [3.63, 3.8) is 0 Å². The highest BCUT2D eigenvalue weighted by molar-refractivity contribution is 5.09. The van der Waals surface area contributed by atoms with Crippen LogP contribution in [0.25, 0.3) is 0 Å². The molecule has 0 aliphatic heterocycles. The molecule has 1 N–H and O–H groups in total. The molecule has 0 aromatic carbocycles. The van der Waals surface area contributed by atoms with E-state index in [0.29, 0.717) is 5.92 Å². The van der Waals surface area contributed by atoms with Crippen molar-refractivity contribution in [2.45, 2.75) is 46.1 Å². The van der Waals surface area contributed by atoms with E-state index in [1.807, 2.05) is 27.0 Å². The van der Waals surface area contributed by atoms with Crippen LogP contribution >= 0.6 is 0 Å². The second-order valence-corrected chi connectivity index (χ2v) is 3.82. The average Bonchev–Trinajstić information content (AvgIpc) is 2.46. The molecule has 1 aromatic heterocycles. The van der Waals surface area contributed by atoms with Gasteiger partial charge in [-0.2, -0.15) is 0 Å². The number of nitrogens with zero attached hydrogens (tertiary/aromatic N) is 1. The largest absolute Gasteiger partial charge is 0.302 e. The third-order valence-corrected chi connectivity index (χ3v) is 2.48. The molecule has 0 saturated heterocycles. The zero-order valence-electron chi connectivity index (χ0n) is 8.79. The molecular weight excluding hydrogens is 164 g/mol. The lowest BCUT2D eigenvalue weighted by Gasteiger charge is -2.08. The number of rotatable bonds is 3. The van der Waals surface area contributed by atoms with E-state index in [9.17, 15) is 4.79 Å². The molecule has 0 fully saturated rings. The van der Waals surface area contributed by atoms with Crippen molar-refractivity contribution in [1.82, 2.24) is 9.78 Å². The summed E-state index contributed by atoms with van der Waals surface area (Å²) >= 11 is 0. The summed E-state index contributed by atoms with van der Waals surface area (Å²) in [5, 5.41) is 3.01. The van der Waals surface area contributed by atoms with Crippen LogP contribution in [0, 0.1) is 0 Å². The van der Waals surface area contributed by atoms with Gasteiger partial charge in [-0.15, -0.1) is 0 Å². The molecule has 1 atom stereocenters. The van der Waals surface area contributed by atoms with Crippen molar-refractivity contribution >= 4 is 0 Å². The lowest BCUT2D eigenvalue weighted by molar-refractivity contribution is 0.464. The van der Waals surface area contributed by atoms with Gasteiger partial charge in [-0.05, 0) is 19.3 Å². The predicted octanol–water partition coefficient (Wildman–Crippen LogP) is 2.27. The Hall–Kier alpha value is -0.990. The Morgan fingerprint density at radius 1 is 1.46 bits per heavy atom. The zero-order chi connectivity index (χ0) is 10.0. The maximum Gasteiger partial charge on any atom is 0.270 e. The Bertz CT molecular complexity index is 322. The molecular formula is C10H18N2O. The van der Waals surface area contributed by atoms with E-state index in [1.165, 1.54) is 0 Å². The maximum absolute atomic E-state index is 11.7. The quantitative estimate of drug-likeness (QED) is 0.765. The minimum Gasteiger partial charge on any atom is -0.302 e. The Morgan fingerprint density at radius 2 is 2.08 bits per heavy atom. The lowest BCUT2D eigenvalue weighted by atomic mass is 10.1. The van der Waals surface area contributed by atoms with Crippen molar-refractivity contribution in [3.05, 3.63) is 22.1 Å². The van der Waals surface area contributed by atoms with Crippen LogP contribution in [0.3, 0.4) is 0 Å². The summed E-state index contributed by atoms with van der Waals surface area (Å²) in [6.07, 6.45) is 2.79. The first kappa shape index (κ1) is 10.1. The van der Waals surface area contributed by atoms with Crippen LogP contribution in [0.4, 0.5) is 0 Å². The van der Waals surface area contributed by atoms with E-state index in [4.69, 9.17) is 0 Å². The van der Waals surface area contributed by atoms with Crippen molar-refractivity contribution in [2.24, 2.45) is 0 Å². The van der Waals surface area contributed by atoms with Crippen LogP contribution < -0.4 is 5.56 Å². The molecule has 1 aromatic rings. The number of hydrogen-bond donors (Lipinski definition) is 1. The van der Waals surface area contributed by atoms with E-state index in [0.717, 1.165) is 12.0 Å². The van der Waals surface area contributed by atoms with E-state index in [2.05, 4.69) is 12.0 Å². The van der Waals surface area contributed by atoms with Gasteiger partial charge < -0.3 is 5.10 Å². The van der Waals surface area contributed by atoms with Crippen LogP contribution in [-0.2, 0) is 0 Å². The second kappa shape index (κ2) is 3.81. The Kier molecular flexibility index (Phi) is 2.96. The van der Waals surface area contributed by atoms with Crippen LogP contribution in [0.5, 0.6) is 0 Å². The average molecular weight is 182 g/mol. The van der Waals surface area contributed by atoms with Gasteiger partial charge >= 0.3 is 0 Å². The van der Waals surface area contributed by atoms with E-state index in [1.54, 1.807) is 4.68 Å². The minimum atomic E-state index is 0.129. The molecule has 13 heavy (non-hydrogen) atoms. The summed E-state index contributed by atoms with van der Waals surface area (Å²) in [7, 11) is 0. The summed E-state index contributed by atoms with van der Waals surface area (Å²) in [5.74, 6) is 0.300. The second-order valence-electron chi connectivity index (χ2n) is 3.82. The first-order valence-corrected chi connectivity index (χ1v) is 4.87. The lowest BCUT2D eigenvalue weighted by Crippen LogP contribution is -2.22. The van der Waals surface area contributed by atoms with Crippen molar-refractivity contribution in [1.29, 1.82) is 0 Å². The van der Waals surface area contributed by atoms with Gasteiger partial charge in [-0.3, -0.25) is 9.48 Å². The molecule has 1 heterocycles. The molecule has 0 amide bonds. The number of hydrogen-bond acceptors (Lipinski definition) is 1. The fourth-order valence-corrected chi connectivity index (χ4v) is 1.32. The highest BCUT2D eigenvalue weighted by Gasteiger charge is 2.12. The molecule has 0 spiro atoms. The third kappa shape index (κ3) is 1.85. The molecule has 74 valence electrons. The first-order chi connectivity index (χ1) is 6.07. The number of H-pyrrole nitrogens is 1. The molecule has 0 radical (unpaired) electrons. The maximum atomic E-state index is 11.7. The summed E-state index contributed by atoms with van der Waals surface area (Å²) in [4.78, 5) is 11.7. The highest BCUT2D eigenvalue weighted by atomic mass is 16.1. The minimum absolute atomic E-state index is 0.129. The highest BCUT2D eigenvalue weighted by Crippen LogP contribution is 2.11. The SMILES string of the molecule is CCC(C)n1[nH]cc(C(C)C)c1=O. The summed E-state index contributed by atoms with van der Waals surface area (Å²) in [6.45, 7) is 8.19. The number of nitrogens with one attached hydrogen (secondary N) is 1. The van der Waals surface area contributed by atoms with E-state index in [-0.39, 0.29) is 11.6 Å². The van der Waals surface area contributed by atoms with Crippen LogP contribution in [0.2, 0.25) is 0 Å². The molecule has 0 aliphatic carbocycles. The van der Waals surface area contributed by atoms with Crippen molar-refractivity contribution < 1.29 is 0 Å². The fraction of sp³-hybridized carbons (Fsp3) is 0.700. The Morgan fingerprint density at radius 3 is 2.46 bits per heavy atom. The van der Waals surface area contributed by atoms with Gasteiger partial charge in [-0.25, -0.2) is 0 Å². The first-order valence-electron chi connectivity index (χ1n) is 4.87.